The lowest BCUT2D eigenvalue weighted by atomic mass is 10.2. The molecular weight excluding hydrogens is 350 g/mol. The summed E-state index contributed by atoms with van der Waals surface area (Å²) in [7, 11) is 0. The summed E-state index contributed by atoms with van der Waals surface area (Å²) in [5.74, 6) is 1.77. The predicted octanol–water partition coefficient (Wildman–Crippen LogP) is 3.08. The van der Waals surface area contributed by atoms with Gasteiger partial charge in [-0.25, -0.2) is 0 Å². The van der Waals surface area contributed by atoms with Gasteiger partial charge in [-0.15, -0.1) is 0 Å². The third kappa shape index (κ3) is 4.91. The molecule has 27 heavy (non-hydrogen) atoms. The molecule has 1 amide bonds. The monoisotopic (exact) mass is 371 g/mol. The number of amides is 1. The molecule has 0 radical (unpaired) electrons. The van der Waals surface area contributed by atoms with E-state index in [1.54, 1.807) is 36.4 Å². The van der Waals surface area contributed by atoms with Crippen LogP contribution in [-0.4, -0.2) is 38.6 Å². The highest BCUT2D eigenvalue weighted by Gasteiger charge is 2.13. The molecule has 1 heterocycles. The summed E-state index contributed by atoms with van der Waals surface area (Å²) in [4.78, 5) is 23.4. The highest BCUT2D eigenvalue weighted by atomic mass is 16.6. The second kappa shape index (κ2) is 8.93. The first-order valence-electron chi connectivity index (χ1n) is 8.74. The van der Waals surface area contributed by atoms with Crippen molar-refractivity contribution in [2.75, 3.05) is 31.7 Å². The Morgan fingerprint density at radius 2 is 1.93 bits per heavy atom. The fourth-order valence-electron chi connectivity index (χ4n) is 2.51. The van der Waals surface area contributed by atoms with Crippen LogP contribution in [0.2, 0.25) is 0 Å². The number of carbonyl (C=O) groups excluding carboxylic acids is 2. The van der Waals surface area contributed by atoms with Crippen LogP contribution in [0.1, 0.15) is 23.7 Å². The maximum Gasteiger partial charge on any atom is 0.262 e. The van der Waals surface area contributed by atoms with Gasteiger partial charge in [-0.3, -0.25) is 9.59 Å². The van der Waals surface area contributed by atoms with Crippen LogP contribution in [0.25, 0.3) is 0 Å². The molecule has 0 aromatic heterocycles. The average Bonchev–Trinajstić information content (AvgIpc) is 2.70. The Morgan fingerprint density at radius 3 is 2.70 bits per heavy atom. The number of aldehydes is 1. The van der Waals surface area contributed by atoms with Crippen molar-refractivity contribution < 1.29 is 28.5 Å². The largest absolute Gasteiger partial charge is 0.493 e. The van der Waals surface area contributed by atoms with Crippen molar-refractivity contribution in [3.05, 3.63) is 42.0 Å². The minimum Gasteiger partial charge on any atom is -0.493 e. The molecule has 7 heteroatoms. The second-order valence-corrected chi connectivity index (χ2v) is 5.86. The van der Waals surface area contributed by atoms with Gasteiger partial charge >= 0.3 is 0 Å². The maximum absolute atomic E-state index is 12.2. The van der Waals surface area contributed by atoms with Gasteiger partial charge in [0.2, 0.25) is 0 Å². The summed E-state index contributed by atoms with van der Waals surface area (Å²) in [6.45, 7) is 3.29. The zero-order valence-corrected chi connectivity index (χ0v) is 15.0. The fourth-order valence-corrected chi connectivity index (χ4v) is 2.51. The van der Waals surface area contributed by atoms with E-state index < -0.39 is 0 Å². The normalized spacial score (nSPS) is 12.2. The van der Waals surface area contributed by atoms with Crippen LogP contribution in [-0.2, 0) is 4.79 Å². The number of nitrogens with one attached hydrogen (secondary N) is 1. The van der Waals surface area contributed by atoms with Gasteiger partial charge in [0, 0.05) is 17.8 Å². The van der Waals surface area contributed by atoms with Crippen molar-refractivity contribution in [3.63, 3.8) is 0 Å². The third-order valence-corrected chi connectivity index (χ3v) is 3.77. The Bertz CT molecular complexity index is 820. The predicted molar refractivity (Wildman–Crippen MR) is 99.2 cm³/mol. The summed E-state index contributed by atoms with van der Waals surface area (Å²) in [6, 6.07) is 10.1. The van der Waals surface area contributed by atoms with Crippen LogP contribution in [0, 0.1) is 0 Å². The molecule has 0 saturated carbocycles. The standard InChI is InChI=1S/C20H21NO6/c1-2-7-24-16-5-3-14(12-22)18(11-16)27-13-20(23)21-15-4-6-17-19(10-15)26-9-8-25-17/h3-6,10-12H,2,7-9,13H2,1H3,(H,21,23). The van der Waals surface area contributed by atoms with E-state index in [-0.39, 0.29) is 12.5 Å². The average molecular weight is 371 g/mol. The van der Waals surface area contributed by atoms with E-state index in [4.69, 9.17) is 18.9 Å². The van der Waals surface area contributed by atoms with Crippen molar-refractivity contribution in [1.29, 1.82) is 0 Å². The first-order valence-corrected chi connectivity index (χ1v) is 8.74. The van der Waals surface area contributed by atoms with Gasteiger partial charge in [-0.05, 0) is 30.7 Å². The summed E-state index contributed by atoms with van der Waals surface area (Å²) in [5, 5.41) is 2.73. The van der Waals surface area contributed by atoms with E-state index in [1.807, 2.05) is 6.92 Å². The molecule has 2 aromatic carbocycles. The number of carbonyl (C=O) groups is 2. The lowest BCUT2D eigenvalue weighted by molar-refractivity contribution is -0.118. The lowest BCUT2D eigenvalue weighted by Gasteiger charge is -2.19. The topological polar surface area (TPSA) is 83.1 Å². The number of ether oxygens (including phenoxy) is 4. The van der Waals surface area contributed by atoms with Crippen molar-refractivity contribution in [2.45, 2.75) is 13.3 Å². The van der Waals surface area contributed by atoms with Gasteiger partial charge in [0.25, 0.3) is 5.91 Å². The Labute approximate surface area is 157 Å². The SMILES string of the molecule is CCCOc1ccc(C=O)c(OCC(=O)Nc2ccc3c(c2)OCCO3)c1. The van der Waals surface area contributed by atoms with E-state index in [1.165, 1.54) is 0 Å². The highest BCUT2D eigenvalue weighted by molar-refractivity contribution is 5.92. The highest BCUT2D eigenvalue weighted by Crippen LogP contribution is 2.32. The van der Waals surface area contributed by atoms with Crippen LogP contribution in [0.3, 0.4) is 0 Å². The molecular formula is C20H21NO6. The zero-order valence-electron chi connectivity index (χ0n) is 15.0. The third-order valence-electron chi connectivity index (χ3n) is 3.77. The summed E-state index contributed by atoms with van der Waals surface area (Å²) >= 11 is 0. The van der Waals surface area contributed by atoms with Gasteiger partial charge in [0.05, 0.1) is 12.2 Å². The minimum absolute atomic E-state index is 0.244. The van der Waals surface area contributed by atoms with E-state index in [2.05, 4.69) is 5.32 Å². The molecule has 2 aromatic rings. The molecule has 1 N–H and O–H groups in total. The van der Waals surface area contributed by atoms with E-state index in [9.17, 15) is 9.59 Å². The number of anilines is 1. The van der Waals surface area contributed by atoms with Crippen LogP contribution >= 0.6 is 0 Å². The zero-order chi connectivity index (χ0) is 19.1. The van der Waals surface area contributed by atoms with Gasteiger partial charge in [0.15, 0.2) is 24.4 Å². The number of hydrogen-bond acceptors (Lipinski definition) is 6. The molecule has 1 aliphatic heterocycles. The Hall–Kier alpha value is -3.22. The molecule has 1 aliphatic rings. The molecule has 142 valence electrons. The molecule has 0 spiro atoms. The van der Waals surface area contributed by atoms with Crippen molar-refractivity contribution in [2.24, 2.45) is 0 Å². The van der Waals surface area contributed by atoms with Crippen LogP contribution in [0.15, 0.2) is 36.4 Å². The fraction of sp³-hybridized carbons (Fsp3) is 0.300. The molecule has 0 fully saturated rings. The number of rotatable bonds is 8. The Morgan fingerprint density at radius 1 is 1.11 bits per heavy atom. The van der Waals surface area contributed by atoms with Gasteiger partial charge in [-0.2, -0.15) is 0 Å². The van der Waals surface area contributed by atoms with Gasteiger partial charge in [-0.1, -0.05) is 6.92 Å². The Balaban J connectivity index is 1.61. The molecule has 7 nitrogen and oxygen atoms in total. The number of hydrogen-bond donors (Lipinski definition) is 1. The van der Waals surface area contributed by atoms with Crippen LogP contribution < -0.4 is 24.3 Å². The van der Waals surface area contributed by atoms with Gasteiger partial charge < -0.3 is 24.3 Å². The minimum atomic E-state index is -0.358. The quantitative estimate of drug-likeness (QED) is 0.718. The van der Waals surface area contributed by atoms with E-state index >= 15 is 0 Å². The first kappa shape index (κ1) is 18.6. The van der Waals surface area contributed by atoms with E-state index in [0.717, 1.165) is 6.42 Å². The van der Waals surface area contributed by atoms with E-state index in [0.29, 0.717) is 60.4 Å². The molecule has 3 rings (SSSR count). The summed E-state index contributed by atoms with van der Waals surface area (Å²) in [5.41, 5.74) is 0.925. The molecule has 0 atom stereocenters. The lowest BCUT2D eigenvalue weighted by Crippen LogP contribution is -2.21. The van der Waals surface area contributed by atoms with Crippen LogP contribution in [0.5, 0.6) is 23.0 Å². The van der Waals surface area contributed by atoms with Crippen LogP contribution in [0.4, 0.5) is 5.69 Å². The summed E-state index contributed by atoms with van der Waals surface area (Å²) < 4.78 is 22.0. The van der Waals surface area contributed by atoms with Crippen molar-refractivity contribution in [3.8, 4) is 23.0 Å². The number of benzene rings is 2. The van der Waals surface area contributed by atoms with Crippen molar-refractivity contribution in [1.82, 2.24) is 0 Å². The Kier molecular flexibility index (Phi) is 6.14. The maximum atomic E-state index is 12.2. The number of fused-ring (bicyclic) bond motifs is 1. The molecule has 0 bridgehead atoms. The first-order chi connectivity index (χ1) is 13.2. The molecule has 0 unspecified atom stereocenters. The molecule has 0 saturated heterocycles. The van der Waals surface area contributed by atoms with Gasteiger partial charge in [0.1, 0.15) is 24.7 Å². The smallest absolute Gasteiger partial charge is 0.262 e. The van der Waals surface area contributed by atoms with Crippen molar-refractivity contribution >= 4 is 17.9 Å². The second-order valence-electron chi connectivity index (χ2n) is 5.86. The summed E-state index contributed by atoms with van der Waals surface area (Å²) in [6.07, 6.45) is 1.54. The molecule has 0 aliphatic carbocycles.